The van der Waals surface area contributed by atoms with Crippen molar-refractivity contribution in [3.8, 4) is 0 Å². The Morgan fingerprint density at radius 3 is 2.95 bits per heavy atom. The molecule has 0 saturated heterocycles. The van der Waals surface area contributed by atoms with E-state index in [0.29, 0.717) is 28.9 Å². The van der Waals surface area contributed by atoms with E-state index in [1.807, 2.05) is 0 Å². The van der Waals surface area contributed by atoms with Crippen molar-refractivity contribution in [2.45, 2.75) is 6.92 Å². The molecule has 2 N–H and O–H groups in total. The Morgan fingerprint density at radius 2 is 2.14 bits per heavy atom. The minimum Gasteiger partial charge on any atom is -0.367 e. The lowest BCUT2D eigenvalue weighted by atomic mass is 10.5. The maximum absolute atomic E-state index is 11.7. The van der Waals surface area contributed by atoms with Crippen LogP contribution in [0.2, 0.25) is 0 Å². The van der Waals surface area contributed by atoms with Crippen LogP contribution < -0.4 is 16.2 Å². The van der Waals surface area contributed by atoms with E-state index in [9.17, 15) is 4.79 Å². The van der Waals surface area contributed by atoms with E-state index in [1.54, 1.807) is 25.5 Å². The maximum atomic E-state index is 11.7. The van der Waals surface area contributed by atoms with Gasteiger partial charge in [-0.2, -0.15) is 4.52 Å². The second-order valence-electron chi connectivity index (χ2n) is 4.28. The first-order valence-corrected chi connectivity index (χ1v) is 7.15. The largest absolute Gasteiger partial charge is 0.367 e. The zero-order valence-electron chi connectivity index (χ0n) is 11.3. The summed E-state index contributed by atoms with van der Waals surface area (Å²) < 4.78 is 1.30. The Balaban J connectivity index is 1.61. The minimum atomic E-state index is -0.167. The average Bonchev–Trinajstić information content (AvgIpc) is 2.88. The second kappa shape index (κ2) is 5.83. The molecule has 21 heavy (non-hydrogen) atoms. The molecule has 0 unspecified atom stereocenters. The summed E-state index contributed by atoms with van der Waals surface area (Å²) in [5, 5.41) is 11.1. The molecular formula is C12H13N7OS. The van der Waals surface area contributed by atoms with Gasteiger partial charge < -0.3 is 10.6 Å². The number of rotatable bonds is 5. The molecule has 3 aromatic rings. The molecule has 3 aromatic heterocycles. The number of hydrogen-bond donors (Lipinski definition) is 2. The van der Waals surface area contributed by atoms with Gasteiger partial charge in [0.25, 0.3) is 5.56 Å². The molecule has 0 fully saturated rings. The van der Waals surface area contributed by atoms with Crippen LogP contribution in [0, 0.1) is 6.92 Å². The lowest BCUT2D eigenvalue weighted by Crippen LogP contribution is -2.16. The van der Waals surface area contributed by atoms with Crippen molar-refractivity contribution in [1.29, 1.82) is 0 Å². The van der Waals surface area contributed by atoms with Crippen molar-refractivity contribution in [3.63, 3.8) is 0 Å². The van der Waals surface area contributed by atoms with Crippen molar-refractivity contribution in [2.24, 2.45) is 0 Å². The molecule has 0 radical (unpaired) electrons. The molecule has 0 amide bonds. The molecule has 108 valence electrons. The number of nitrogens with one attached hydrogen (secondary N) is 2. The molecule has 0 aliphatic carbocycles. The van der Waals surface area contributed by atoms with E-state index in [-0.39, 0.29) is 5.56 Å². The molecule has 9 heteroatoms. The normalized spacial score (nSPS) is 10.7. The van der Waals surface area contributed by atoms with Gasteiger partial charge in [0.1, 0.15) is 5.82 Å². The molecule has 0 atom stereocenters. The van der Waals surface area contributed by atoms with Gasteiger partial charge in [-0.15, -0.1) is 5.10 Å². The molecule has 0 bridgehead atoms. The van der Waals surface area contributed by atoms with Crippen LogP contribution in [0.15, 0.2) is 29.5 Å². The van der Waals surface area contributed by atoms with E-state index >= 15 is 0 Å². The quantitative estimate of drug-likeness (QED) is 0.672. The fourth-order valence-corrected chi connectivity index (χ4v) is 2.62. The first-order valence-electron chi connectivity index (χ1n) is 6.34. The first kappa shape index (κ1) is 13.4. The lowest BCUT2D eigenvalue weighted by molar-refractivity contribution is 0.886. The molecular weight excluding hydrogens is 290 g/mol. The Morgan fingerprint density at radius 1 is 1.29 bits per heavy atom. The number of fused-ring (bicyclic) bond motifs is 1. The van der Waals surface area contributed by atoms with Gasteiger partial charge in [0.2, 0.25) is 10.1 Å². The van der Waals surface area contributed by atoms with Gasteiger partial charge in [-0.1, -0.05) is 11.3 Å². The highest BCUT2D eigenvalue weighted by molar-refractivity contribution is 7.20. The summed E-state index contributed by atoms with van der Waals surface area (Å²) in [5.74, 6) is 0.720. The van der Waals surface area contributed by atoms with Crippen LogP contribution >= 0.6 is 11.3 Å². The van der Waals surface area contributed by atoms with Gasteiger partial charge >= 0.3 is 0 Å². The molecule has 0 aromatic carbocycles. The fraction of sp³-hybridized carbons (Fsp3) is 0.250. The van der Waals surface area contributed by atoms with Gasteiger partial charge in [0.05, 0.1) is 6.20 Å². The number of aromatic nitrogens is 5. The van der Waals surface area contributed by atoms with Gasteiger partial charge in [-0.25, -0.2) is 9.97 Å². The predicted octanol–water partition coefficient (Wildman–Crippen LogP) is 0.773. The van der Waals surface area contributed by atoms with E-state index in [1.165, 1.54) is 21.9 Å². The summed E-state index contributed by atoms with van der Waals surface area (Å²) in [5.41, 5.74) is 0.527. The SMILES string of the molecule is Cc1cc(=O)n2nc(NCCNc3cnccn3)sc2n1. The second-order valence-corrected chi connectivity index (χ2v) is 5.24. The summed E-state index contributed by atoms with van der Waals surface area (Å²) in [6.07, 6.45) is 4.91. The van der Waals surface area contributed by atoms with E-state index in [4.69, 9.17) is 0 Å². The van der Waals surface area contributed by atoms with Gasteiger partial charge in [0.15, 0.2) is 0 Å². The first-order chi connectivity index (χ1) is 10.2. The zero-order valence-corrected chi connectivity index (χ0v) is 12.1. The van der Waals surface area contributed by atoms with Gasteiger partial charge in [-0.3, -0.25) is 9.78 Å². The summed E-state index contributed by atoms with van der Waals surface area (Å²) in [7, 11) is 0. The molecule has 0 saturated carbocycles. The third-order valence-corrected chi connectivity index (χ3v) is 3.51. The number of nitrogens with zero attached hydrogens (tertiary/aromatic N) is 5. The van der Waals surface area contributed by atoms with Crippen LogP contribution in [0.3, 0.4) is 0 Å². The highest BCUT2D eigenvalue weighted by Gasteiger charge is 2.06. The van der Waals surface area contributed by atoms with Gasteiger partial charge in [0, 0.05) is 37.2 Å². The van der Waals surface area contributed by atoms with Crippen LogP contribution in [0.1, 0.15) is 5.69 Å². The van der Waals surface area contributed by atoms with Crippen molar-refractivity contribution in [2.75, 3.05) is 23.7 Å². The minimum absolute atomic E-state index is 0.167. The highest BCUT2D eigenvalue weighted by Crippen LogP contribution is 2.15. The van der Waals surface area contributed by atoms with Crippen LogP contribution in [0.25, 0.3) is 4.96 Å². The smallest absolute Gasteiger partial charge is 0.275 e. The molecule has 0 spiro atoms. The van der Waals surface area contributed by atoms with Crippen LogP contribution in [0.5, 0.6) is 0 Å². The third kappa shape index (κ3) is 3.14. The Labute approximate surface area is 123 Å². The number of aryl methyl sites for hydroxylation is 1. The molecule has 0 aliphatic heterocycles. The van der Waals surface area contributed by atoms with Crippen molar-refractivity contribution < 1.29 is 0 Å². The number of anilines is 2. The molecule has 3 heterocycles. The van der Waals surface area contributed by atoms with Crippen molar-refractivity contribution in [1.82, 2.24) is 24.6 Å². The van der Waals surface area contributed by atoms with E-state index in [0.717, 1.165) is 5.82 Å². The third-order valence-electron chi connectivity index (χ3n) is 2.64. The summed E-state index contributed by atoms with van der Waals surface area (Å²) >= 11 is 1.35. The Hall–Kier alpha value is -2.55. The topological polar surface area (TPSA) is 97.1 Å². The van der Waals surface area contributed by atoms with E-state index < -0.39 is 0 Å². The lowest BCUT2D eigenvalue weighted by Gasteiger charge is -2.04. The Kier molecular flexibility index (Phi) is 3.73. The summed E-state index contributed by atoms with van der Waals surface area (Å²) in [6.45, 7) is 3.10. The number of hydrogen-bond acceptors (Lipinski definition) is 8. The van der Waals surface area contributed by atoms with Gasteiger partial charge in [-0.05, 0) is 6.92 Å². The molecule has 0 aliphatic rings. The maximum Gasteiger partial charge on any atom is 0.275 e. The zero-order chi connectivity index (χ0) is 14.7. The van der Waals surface area contributed by atoms with Crippen molar-refractivity contribution >= 4 is 27.2 Å². The fourth-order valence-electron chi connectivity index (χ4n) is 1.74. The van der Waals surface area contributed by atoms with Crippen LogP contribution in [-0.4, -0.2) is 37.7 Å². The van der Waals surface area contributed by atoms with E-state index in [2.05, 4.69) is 30.7 Å². The van der Waals surface area contributed by atoms with Crippen LogP contribution in [0.4, 0.5) is 10.9 Å². The Bertz CT molecular complexity index is 798. The monoisotopic (exact) mass is 303 g/mol. The molecule has 3 rings (SSSR count). The standard InChI is InChI=1S/C12H13N7OS/c1-8-6-10(20)19-12(17-8)21-11(18-19)16-5-4-15-9-7-13-2-3-14-9/h2-3,6-7H,4-5H2,1H3,(H,14,15)(H,16,18). The molecule has 8 nitrogen and oxygen atoms in total. The average molecular weight is 303 g/mol. The van der Waals surface area contributed by atoms with Crippen molar-refractivity contribution in [3.05, 3.63) is 40.7 Å². The highest BCUT2D eigenvalue weighted by atomic mass is 32.1. The summed E-state index contributed by atoms with van der Waals surface area (Å²) in [6, 6.07) is 1.46. The summed E-state index contributed by atoms with van der Waals surface area (Å²) in [4.78, 5) is 24.7. The predicted molar refractivity (Wildman–Crippen MR) is 80.9 cm³/mol. The van der Waals surface area contributed by atoms with Crippen LogP contribution in [-0.2, 0) is 0 Å².